The van der Waals surface area contributed by atoms with Gasteiger partial charge in [0.05, 0.1) is 4.47 Å². The fourth-order valence-corrected chi connectivity index (χ4v) is 3.23. The summed E-state index contributed by atoms with van der Waals surface area (Å²) in [5.41, 5.74) is 1.37. The number of hydrogen-bond acceptors (Lipinski definition) is 6. The van der Waals surface area contributed by atoms with Crippen LogP contribution in [0, 0.1) is 6.92 Å². The third kappa shape index (κ3) is 5.82. The number of aryl methyl sites for hydroxylation is 1. The minimum absolute atomic E-state index is 0.0312. The predicted octanol–water partition coefficient (Wildman–Crippen LogP) is 3.41. The monoisotopic (exact) mass is 422 g/mol. The molecule has 8 heteroatoms. The number of carbonyl (C=O) groups excluding carboxylic acids is 3. The van der Waals surface area contributed by atoms with Crippen LogP contribution < -0.4 is 10.1 Å². The van der Waals surface area contributed by atoms with Crippen LogP contribution in [0.3, 0.4) is 0 Å². The van der Waals surface area contributed by atoms with Gasteiger partial charge in [-0.05, 0) is 53.9 Å². The van der Waals surface area contributed by atoms with Crippen LogP contribution in [-0.2, 0) is 16.2 Å². The van der Waals surface area contributed by atoms with Gasteiger partial charge in [-0.2, -0.15) is 9.59 Å². The first kappa shape index (κ1) is 19.9. The molecule has 1 aliphatic rings. The van der Waals surface area contributed by atoms with Gasteiger partial charge in [0, 0.05) is 17.7 Å². The number of amides is 1. The minimum atomic E-state index is -0.0312. The molecule has 1 amide bonds. The van der Waals surface area contributed by atoms with Crippen molar-refractivity contribution in [3.05, 3.63) is 45.8 Å². The largest absolute Gasteiger partial charge is 0.486 e. The highest BCUT2D eigenvalue weighted by Crippen LogP contribution is 2.27. The van der Waals surface area contributed by atoms with Gasteiger partial charge in [0.15, 0.2) is 0 Å². The van der Waals surface area contributed by atoms with Gasteiger partial charge in [0.2, 0.25) is 0 Å². The number of rotatable bonds is 5. The van der Waals surface area contributed by atoms with Crippen LogP contribution in [0.2, 0.25) is 0 Å². The molecule has 26 heavy (non-hydrogen) atoms. The van der Waals surface area contributed by atoms with Crippen LogP contribution in [-0.4, -0.2) is 23.3 Å². The number of carbonyl (C=O) groups is 1. The quantitative estimate of drug-likeness (QED) is 0.792. The van der Waals surface area contributed by atoms with E-state index < -0.39 is 0 Å². The average Bonchev–Trinajstić information content (AvgIpc) is 3.26. The molecule has 1 aromatic heterocycles. The molecule has 0 saturated heterocycles. The van der Waals surface area contributed by atoms with Crippen LogP contribution >= 0.6 is 15.9 Å². The fraction of sp³-hybridized carbons (Fsp3) is 0.389. The second kappa shape index (κ2) is 9.89. The first-order chi connectivity index (χ1) is 12.5. The first-order valence-electron chi connectivity index (χ1n) is 8.18. The molecule has 0 spiro atoms. The molecule has 1 saturated carbocycles. The molecule has 7 nitrogen and oxygen atoms in total. The Labute approximate surface area is 159 Å². The molecule has 2 aromatic rings. The van der Waals surface area contributed by atoms with E-state index in [-0.39, 0.29) is 12.1 Å². The van der Waals surface area contributed by atoms with Crippen molar-refractivity contribution in [2.75, 3.05) is 0 Å². The molecule has 0 aliphatic heterocycles. The number of benzene rings is 1. The summed E-state index contributed by atoms with van der Waals surface area (Å²) in [6, 6.07) is 7.50. The average molecular weight is 423 g/mol. The van der Waals surface area contributed by atoms with Crippen molar-refractivity contribution >= 4 is 28.0 Å². The lowest BCUT2D eigenvalue weighted by Gasteiger charge is -2.13. The second-order valence-electron chi connectivity index (χ2n) is 5.90. The maximum atomic E-state index is 12.3. The normalized spacial score (nSPS) is 13.5. The van der Waals surface area contributed by atoms with E-state index in [0.717, 1.165) is 28.8 Å². The lowest BCUT2D eigenvalue weighted by molar-refractivity contribution is -0.191. The molecular weight excluding hydrogens is 404 g/mol. The van der Waals surface area contributed by atoms with E-state index in [1.807, 2.05) is 13.0 Å². The standard InChI is InChI=1S/C17H19BrN2O3.CO2/c1-11-8-14(20-23-11)10-22-16-7-6-12(9-15(16)18)17(21)19-13-4-2-3-5-13;2-1-3/h6-9,13H,2-5,10H2,1H3,(H,19,21);. The molecule has 0 atom stereocenters. The molecule has 0 bridgehead atoms. The number of aromatic nitrogens is 1. The number of nitrogens with zero attached hydrogens (tertiary/aromatic N) is 1. The Morgan fingerprint density at radius 2 is 2.04 bits per heavy atom. The molecule has 3 rings (SSSR count). The Morgan fingerprint density at radius 3 is 2.62 bits per heavy atom. The van der Waals surface area contributed by atoms with Gasteiger partial charge < -0.3 is 14.6 Å². The van der Waals surface area contributed by atoms with Crippen molar-refractivity contribution in [3.8, 4) is 5.75 Å². The van der Waals surface area contributed by atoms with E-state index in [2.05, 4.69) is 26.4 Å². The number of ether oxygens (including phenoxy) is 1. The fourth-order valence-electron chi connectivity index (χ4n) is 2.74. The summed E-state index contributed by atoms with van der Waals surface area (Å²) in [6.45, 7) is 2.16. The third-order valence-corrected chi connectivity index (χ3v) is 4.56. The maximum Gasteiger partial charge on any atom is 0.373 e. The van der Waals surface area contributed by atoms with E-state index in [1.165, 1.54) is 12.8 Å². The van der Waals surface area contributed by atoms with Crippen LogP contribution in [0.4, 0.5) is 0 Å². The van der Waals surface area contributed by atoms with Crippen LogP contribution in [0.25, 0.3) is 0 Å². The second-order valence-corrected chi connectivity index (χ2v) is 6.76. The summed E-state index contributed by atoms with van der Waals surface area (Å²) in [5, 5.41) is 6.96. The summed E-state index contributed by atoms with van der Waals surface area (Å²) in [4.78, 5) is 28.5. The van der Waals surface area contributed by atoms with Crippen molar-refractivity contribution in [1.82, 2.24) is 10.5 Å². The van der Waals surface area contributed by atoms with E-state index in [4.69, 9.17) is 18.8 Å². The summed E-state index contributed by atoms with van der Waals surface area (Å²) in [6.07, 6.45) is 4.79. The van der Waals surface area contributed by atoms with Gasteiger partial charge in [-0.1, -0.05) is 18.0 Å². The lowest BCUT2D eigenvalue weighted by atomic mass is 10.1. The highest BCUT2D eigenvalue weighted by Gasteiger charge is 2.18. The topological polar surface area (TPSA) is 98.5 Å². The van der Waals surface area contributed by atoms with Gasteiger partial charge in [-0.3, -0.25) is 4.79 Å². The van der Waals surface area contributed by atoms with Crippen LogP contribution in [0.15, 0.2) is 33.3 Å². The third-order valence-electron chi connectivity index (χ3n) is 3.94. The molecule has 1 fully saturated rings. The van der Waals surface area contributed by atoms with Gasteiger partial charge >= 0.3 is 6.15 Å². The lowest BCUT2D eigenvalue weighted by Crippen LogP contribution is -2.32. The molecule has 0 unspecified atom stereocenters. The van der Waals surface area contributed by atoms with Crippen molar-refractivity contribution in [3.63, 3.8) is 0 Å². The highest BCUT2D eigenvalue weighted by molar-refractivity contribution is 9.10. The Bertz CT molecular complexity index is 778. The van der Waals surface area contributed by atoms with E-state index in [1.54, 1.807) is 18.2 Å². The predicted molar refractivity (Wildman–Crippen MR) is 94.4 cm³/mol. The number of hydrogen-bond donors (Lipinski definition) is 1. The van der Waals surface area contributed by atoms with Crippen LogP contribution in [0.5, 0.6) is 5.75 Å². The molecule has 1 heterocycles. The van der Waals surface area contributed by atoms with E-state index in [0.29, 0.717) is 24.0 Å². The Kier molecular flexibility index (Phi) is 7.56. The first-order valence-corrected chi connectivity index (χ1v) is 8.97. The molecule has 1 aliphatic carbocycles. The van der Waals surface area contributed by atoms with Crippen LogP contribution in [0.1, 0.15) is 47.5 Å². The summed E-state index contributed by atoms with van der Waals surface area (Å²) < 4.78 is 11.5. The zero-order valence-corrected chi connectivity index (χ0v) is 15.9. The molecular formula is C18H19BrN2O5. The van der Waals surface area contributed by atoms with E-state index >= 15 is 0 Å². The van der Waals surface area contributed by atoms with Gasteiger partial charge in [-0.15, -0.1) is 0 Å². The zero-order chi connectivity index (χ0) is 18.9. The van der Waals surface area contributed by atoms with Crippen molar-refractivity contribution in [2.45, 2.75) is 45.3 Å². The van der Waals surface area contributed by atoms with E-state index in [9.17, 15) is 4.79 Å². The van der Waals surface area contributed by atoms with Crippen molar-refractivity contribution < 1.29 is 23.6 Å². The molecule has 1 N–H and O–H groups in total. The minimum Gasteiger partial charge on any atom is -0.486 e. The molecule has 1 aromatic carbocycles. The summed E-state index contributed by atoms with van der Waals surface area (Å²) >= 11 is 3.46. The molecule has 138 valence electrons. The SMILES string of the molecule is Cc1cc(COc2ccc(C(=O)NC3CCCC3)cc2Br)no1.O=C=O. The van der Waals surface area contributed by atoms with Gasteiger partial charge in [0.25, 0.3) is 5.91 Å². The number of halogens is 1. The summed E-state index contributed by atoms with van der Waals surface area (Å²) in [7, 11) is 0. The summed E-state index contributed by atoms with van der Waals surface area (Å²) in [5.74, 6) is 1.39. The zero-order valence-electron chi connectivity index (χ0n) is 14.3. The van der Waals surface area contributed by atoms with Gasteiger partial charge in [-0.25, -0.2) is 0 Å². The number of nitrogens with one attached hydrogen (secondary N) is 1. The smallest absolute Gasteiger partial charge is 0.373 e. The van der Waals surface area contributed by atoms with Gasteiger partial charge in [0.1, 0.15) is 23.8 Å². The Hall–Kier alpha value is -2.44. The Balaban J connectivity index is 0.000000758. The van der Waals surface area contributed by atoms with Crippen molar-refractivity contribution in [2.24, 2.45) is 0 Å². The molecule has 0 radical (unpaired) electrons. The maximum absolute atomic E-state index is 12.3. The van der Waals surface area contributed by atoms with Crippen molar-refractivity contribution in [1.29, 1.82) is 0 Å². The highest BCUT2D eigenvalue weighted by atomic mass is 79.9. The Morgan fingerprint density at radius 1 is 1.35 bits per heavy atom.